The van der Waals surface area contributed by atoms with Crippen LogP contribution >= 0.6 is 0 Å². The number of carbonyl (C=O) groups is 1. The topological polar surface area (TPSA) is 20.3 Å². The molecule has 2 heteroatoms. The van der Waals surface area contributed by atoms with Crippen molar-refractivity contribution in [2.45, 2.75) is 60.3 Å². The molecular weight excluding hydrogens is 210 g/mol. The number of likely N-dealkylation sites (tertiary alicyclic amines) is 1. The average molecular weight is 239 g/mol. The van der Waals surface area contributed by atoms with Crippen LogP contribution in [0.4, 0.5) is 0 Å². The first kappa shape index (κ1) is 14.7. The van der Waals surface area contributed by atoms with Gasteiger partial charge in [-0.05, 0) is 31.3 Å². The third-order valence-corrected chi connectivity index (χ3v) is 4.62. The van der Waals surface area contributed by atoms with Crippen LogP contribution in [0.25, 0.3) is 0 Å². The molecule has 1 aliphatic heterocycles. The maximum Gasteiger partial charge on any atom is 0.152 e. The van der Waals surface area contributed by atoms with Crippen molar-refractivity contribution in [3.63, 3.8) is 0 Å². The molecule has 0 N–H and O–H groups in total. The van der Waals surface area contributed by atoms with Crippen LogP contribution in [0, 0.1) is 10.8 Å². The van der Waals surface area contributed by atoms with Crippen LogP contribution in [0.3, 0.4) is 0 Å². The molecule has 1 saturated heterocycles. The Morgan fingerprint density at radius 3 is 1.94 bits per heavy atom. The molecule has 1 fully saturated rings. The standard InChI is InChI=1S/C15H29NO/c1-6-15(7-2)8-10-16(11-9-15)12-13(17)14(3,4)5/h6-12H2,1-5H3. The zero-order valence-corrected chi connectivity index (χ0v) is 12.3. The number of hydrogen-bond donors (Lipinski definition) is 0. The highest BCUT2D eigenvalue weighted by molar-refractivity contribution is 5.85. The first-order valence-corrected chi connectivity index (χ1v) is 7.08. The van der Waals surface area contributed by atoms with Crippen molar-refractivity contribution in [3.8, 4) is 0 Å². The summed E-state index contributed by atoms with van der Waals surface area (Å²) in [6.45, 7) is 13.5. The molecule has 0 saturated carbocycles. The van der Waals surface area contributed by atoms with Crippen LogP contribution in [0.15, 0.2) is 0 Å². The Kier molecular flexibility index (Phi) is 4.77. The van der Waals surface area contributed by atoms with E-state index in [4.69, 9.17) is 0 Å². The zero-order chi connectivity index (χ0) is 13.1. The van der Waals surface area contributed by atoms with Gasteiger partial charge in [0, 0.05) is 5.41 Å². The first-order valence-electron chi connectivity index (χ1n) is 7.08. The maximum atomic E-state index is 12.0. The van der Waals surface area contributed by atoms with Crippen molar-refractivity contribution in [2.24, 2.45) is 10.8 Å². The molecule has 0 aromatic heterocycles. The van der Waals surface area contributed by atoms with Gasteiger partial charge in [0.05, 0.1) is 6.54 Å². The molecule has 0 aromatic rings. The van der Waals surface area contributed by atoms with Gasteiger partial charge >= 0.3 is 0 Å². The molecule has 0 bridgehead atoms. The van der Waals surface area contributed by atoms with Gasteiger partial charge in [0.25, 0.3) is 0 Å². The van der Waals surface area contributed by atoms with E-state index in [9.17, 15) is 4.79 Å². The van der Waals surface area contributed by atoms with Crippen LogP contribution in [0.2, 0.25) is 0 Å². The molecule has 100 valence electrons. The fourth-order valence-corrected chi connectivity index (χ4v) is 2.58. The summed E-state index contributed by atoms with van der Waals surface area (Å²) in [6.07, 6.45) is 5.09. The molecule has 2 nitrogen and oxygen atoms in total. The van der Waals surface area contributed by atoms with Crippen LogP contribution in [-0.4, -0.2) is 30.3 Å². The van der Waals surface area contributed by atoms with Gasteiger partial charge in [-0.15, -0.1) is 0 Å². The van der Waals surface area contributed by atoms with Crippen LogP contribution in [0.5, 0.6) is 0 Å². The second-order valence-corrected chi connectivity index (χ2v) is 6.66. The van der Waals surface area contributed by atoms with E-state index < -0.39 is 0 Å². The van der Waals surface area contributed by atoms with E-state index in [0.717, 1.165) is 13.1 Å². The van der Waals surface area contributed by atoms with Crippen LogP contribution < -0.4 is 0 Å². The van der Waals surface area contributed by atoms with Gasteiger partial charge in [-0.1, -0.05) is 47.5 Å². The molecule has 0 amide bonds. The summed E-state index contributed by atoms with van der Waals surface area (Å²) in [5.74, 6) is 0.373. The Labute approximate surface area is 107 Å². The lowest BCUT2D eigenvalue weighted by Gasteiger charge is -2.41. The van der Waals surface area contributed by atoms with E-state index in [1.165, 1.54) is 25.7 Å². The normalized spacial score (nSPS) is 21.5. The smallest absolute Gasteiger partial charge is 0.152 e. The number of piperidine rings is 1. The minimum absolute atomic E-state index is 0.190. The Hall–Kier alpha value is -0.370. The number of carbonyl (C=O) groups excluding carboxylic acids is 1. The Balaban J connectivity index is 2.45. The SMILES string of the molecule is CCC1(CC)CCN(CC(=O)C(C)(C)C)CC1. The van der Waals surface area contributed by atoms with E-state index in [2.05, 4.69) is 18.7 Å². The predicted molar refractivity (Wildman–Crippen MR) is 73.2 cm³/mol. The summed E-state index contributed by atoms with van der Waals surface area (Å²) < 4.78 is 0. The Morgan fingerprint density at radius 2 is 1.59 bits per heavy atom. The highest BCUT2D eigenvalue weighted by Crippen LogP contribution is 2.37. The number of hydrogen-bond acceptors (Lipinski definition) is 2. The van der Waals surface area contributed by atoms with E-state index in [0.29, 0.717) is 17.7 Å². The lowest BCUT2D eigenvalue weighted by molar-refractivity contribution is -0.128. The molecule has 0 spiro atoms. The summed E-state index contributed by atoms with van der Waals surface area (Å²) in [7, 11) is 0. The number of ketones is 1. The minimum atomic E-state index is -0.190. The van der Waals surface area contributed by atoms with Gasteiger partial charge in [0.15, 0.2) is 5.78 Å². The van der Waals surface area contributed by atoms with Crippen molar-refractivity contribution in [2.75, 3.05) is 19.6 Å². The van der Waals surface area contributed by atoms with Crippen LogP contribution in [-0.2, 0) is 4.79 Å². The summed E-state index contributed by atoms with van der Waals surface area (Å²) in [6, 6.07) is 0. The maximum absolute atomic E-state index is 12.0. The van der Waals surface area contributed by atoms with Gasteiger partial charge < -0.3 is 0 Å². The molecule has 1 rings (SSSR count). The number of rotatable bonds is 4. The molecule has 1 heterocycles. The monoisotopic (exact) mass is 239 g/mol. The summed E-state index contributed by atoms with van der Waals surface area (Å²) >= 11 is 0. The molecule has 0 unspecified atom stereocenters. The van der Waals surface area contributed by atoms with Crippen molar-refractivity contribution in [3.05, 3.63) is 0 Å². The number of nitrogens with zero attached hydrogens (tertiary/aromatic N) is 1. The lowest BCUT2D eigenvalue weighted by atomic mass is 9.74. The third-order valence-electron chi connectivity index (χ3n) is 4.62. The minimum Gasteiger partial charge on any atom is -0.298 e. The fourth-order valence-electron chi connectivity index (χ4n) is 2.58. The average Bonchev–Trinajstić information content (AvgIpc) is 2.29. The fraction of sp³-hybridized carbons (Fsp3) is 0.933. The largest absolute Gasteiger partial charge is 0.298 e. The Bertz CT molecular complexity index is 251. The quantitative estimate of drug-likeness (QED) is 0.748. The number of Topliss-reactive ketones (excluding diaryl/α,β-unsaturated/α-hetero) is 1. The lowest BCUT2D eigenvalue weighted by Crippen LogP contribution is -2.43. The van der Waals surface area contributed by atoms with Gasteiger partial charge in [-0.2, -0.15) is 0 Å². The summed E-state index contributed by atoms with van der Waals surface area (Å²) in [5, 5.41) is 0. The van der Waals surface area contributed by atoms with Crippen LogP contribution in [0.1, 0.15) is 60.3 Å². The van der Waals surface area contributed by atoms with Crippen molar-refractivity contribution in [1.82, 2.24) is 4.90 Å². The Morgan fingerprint density at radius 1 is 1.12 bits per heavy atom. The summed E-state index contributed by atoms with van der Waals surface area (Å²) in [5.41, 5.74) is 0.366. The van der Waals surface area contributed by atoms with E-state index in [1.807, 2.05) is 20.8 Å². The molecule has 1 aliphatic rings. The van der Waals surface area contributed by atoms with E-state index in [1.54, 1.807) is 0 Å². The second kappa shape index (κ2) is 5.51. The second-order valence-electron chi connectivity index (χ2n) is 6.66. The molecule has 0 aliphatic carbocycles. The van der Waals surface area contributed by atoms with Gasteiger partial charge in [0.1, 0.15) is 0 Å². The summed E-state index contributed by atoms with van der Waals surface area (Å²) in [4.78, 5) is 14.3. The molecule has 0 aromatic carbocycles. The first-order chi connectivity index (χ1) is 7.83. The molecule has 17 heavy (non-hydrogen) atoms. The van der Waals surface area contributed by atoms with Gasteiger partial charge in [-0.3, -0.25) is 9.69 Å². The van der Waals surface area contributed by atoms with Crippen molar-refractivity contribution < 1.29 is 4.79 Å². The van der Waals surface area contributed by atoms with Gasteiger partial charge in [0.2, 0.25) is 0 Å². The van der Waals surface area contributed by atoms with E-state index in [-0.39, 0.29) is 5.41 Å². The van der Waals surface area contributed by atoms with Gasteiger partial charge in [-0.25, -0.2) is 0 Å². The molecule has 0 atom stereocenters. The third kappa shape index (κ3) is 3.80. The molecule has 0 radical (unpaired) electrons. The molecular formula is C15H29NO. The van der Waals surface area contributed by atoms with Crippen molar-refractivity contribution in [1.29, 1.82) is 0 Å². The highest BCUT2D eigenvalue weighted by atomic mass is 16.1. The van der Waals surface area contributed by atoms with Crippen molar-refractivity contribution >= 4 is 5.78 Å². The van der Waals surface area contributed by atoms with E-state index >= 15 is 0 Å². The zero-order valence-electron chi connectivity index (χ0n) is 12.3. The predicted octanol–water partition coefficient (Wildman–Crippen LogP) is 3.50. The highest BCUT2D eigenvalue weighted by Gasteiger charge is 2.32.